The van der Waals surface area contributed by atoms with E-state index in [-0.39, 0.29) is 38.8 Å². The van der Waals surface area contributed by atoms with Gasteiger partial charge in [-0.05, 0) is 121 Å². The molecule has 5 nitrogen and oxygen atoms in total. The molecule has 0 saturated carbocycles. The van der Waals surface area contributed by atoms with Gasteiger partial charge in [0.15, 0.2) is 0 Å². The number of rotatable bonds is 4. The number of aliphatic imine (C=N–C) groups is 1. The zero-order valence-electron chi connectivity index (χ0n) is 36.0. The second-order valence-corrected chi connectivity index (χ2v) is 17.5. The van der Waals surface area contributed by atoms with E-state index in [1.807, 2.05) is 26.1 Å². The van der Waals surface area contributed by atoms with Crippen LogP contribution in [0.5, 0.6) is 0 Å². The summed E-state index contributed by atoms with van der Waals surface area (Å²) in [6.45, 7) is 19.5. The maximum absolute atomic E-state index is 9.15. The average Bonchev–Trinajstić information content (AvgIpc) is 3.81. The van der Waals surface area contributed by atoms with E-state index in [0.717, 1.165) is 83.1 Å². The van der Waals surface area contributed by atoms with Crippen LogP contribution in [-0.2, 0) is 43.1 Å². The van der Waals surface area contributed by atoms with E-state index in [4.69, 9.17) is 17.5 Å². The first kappa shape index (κ1) is 35.2. The van der Waals surface area contributed by atoms with Crippen molar-refractivity contribution in [3.05, 3.63) is 148 Å². The number of fused-ring (bicyclic) bond motifs is 9. The minimum Gasteiger partial charge on any atom is -0.514 e. The monoisotopic (exact) mass is 929 g/mol. The van der Waals surface area contributed by atoms with Crippen LogP contribution in [0.4, 0.5) is 0 Å². The smallest absolute Gasteiger partial charge is 0.514 e. The van der Waals surface area contributed by atoms with Gasteiger partial charge in [0.25, 0.3) is 0 Å². The van der Waals surface area contributed by atoms with Gasteiger partial charge >= 0.3 is 21.1 Å². The van der Waals surface area contributed by atoms with Crippen molar-refractivity contribution < 1.29 is 28.5 Å². The van der Waals surface area contributed by atoms with Gasteiger partial charge in [0.05, 0.1) is 5.52 Å². The van der Waals surface area contributed by atoms with Crippen molar-refractivity contribution in [2.75, 3.05) is 0 Å². The first-order chi connectivity index (χ1) is 27.5. The van der Waals surface area contributed by atoms with Crippen LogP contribution in [0.15, 0.2) is 96.1 Å². The van der Waals surface area contributed by atoms with Crippen LogP contribution in [0.25, 0.3) is 55.1 Å². The van der Waals surface area contributed by atoms with E-state index in [1.165, 1.54) is 16.5 Å². The van der Waals surface area contributed by atoms with E-state index in [2.05, 4.69) is 149 Å². The number of hydrogen-bond acceptors (Lipinski definition) is 3. The van der Waals surface area contributed by atoms with Gasteiger partial charge in [-0.15, -0.1) is 41.3 Å². The van der Waals surface area contributed by atoms with Gasteiger partial charge in [0, 0.05) is 25.2 Å². The molecule has 0 radical (unpaired) electrons. The summed E-state index contributed by atoms with van der Waals surface area (Å²) in [7, 11) is 0. The number of hydrogen-bond donors (Lipinski definition) is 0. The average molecular weight is 930 g/mol. The summed E-state index contributed by atoms with van der Waals surface area (Å²) in [5.41, 5.74) is 13.2. The zero-order valence-corrected chi connectivity index (χ0v) is 36.3. The Balaban J connectivity index is 0.00000449. The van der Waals surface area contributed by atoms with Crippen molar-refractivity contribution in [1.82, 2.24) is 14.1 Å². The van der Waals surface area contributed by atoms with Crippen LogP contribution < -0.4 is 0 Å². The molecule has 3 aromatic heterocycles. The maximum Gasteiger partial charge on any atom is 2.00 e. The summed E-state index contributed by atoms with van der Waals surface area (Å²) in [6, 6.07) is 38.2. The molecule has 0 saturated heterocycles. The number of nitrogens with zero attached hydrogens (tertiary/aromatic N) is 4. The van der Waals surface area contributed by atoms with Crippen LogP contribution in [0.3, 0.4) is 0 Å². The Morgan fingerprint density at radius 1 is 0.842 bits per heavy atom. The number of ether oxygens (including phenoxy) is 1. The number of benzene rings is 5. The van der Waals surface area contributed by atoms with E-state index < -0.39 is 18.0 Å². The van der Waals surface area contributed by atoms with Crippen LogP contribution in [0.2, 0.25) is 0 Å². The second-order valence-electron chi connectivity index (χ2n) is 17.5. The van der Waals surface area contributed by atoms with Crippen molar-refractivity contribution in [3.63, 3.8) is 0 Å². The molecule has 0 unspecified atom stereocenters. The summed E-state index contributed by atoms with van der Waals surface area (Å²) >= 11 is 0. The molecule has 4 heterocycles. The summed E-state index contributed by atoms with van der Waals surface area (Å²) < 4.78 is 29.6. The zero-order chi connectivity index (χ0) is 40.6. The van der Waals surface area contributed by atoms with Gasteiger partial charge in [-0.25, -0.2) is 4.98 Å². The Morgan fingerprint density at radius 3 is 2.40 bits per heavy atom. The quantitative estimate of drug-likeness (QED) is 0.165. The summed E-state index contributed by atoms with van der Waals surface area (Å²) in [6.07, 6.45) is 0.111. The van der Waals surface area contributed by atoms with Crippen molar-refractivity contribution >= 4 is 49.6 Å². The summed E-state index contributed by atoms with van der Waals surface area (Å²) in [4.78, 5) is 10.3. The molecular weight excluding hydrogens is 880 g/mol. The molecule has 0 amide bonds. The molecule has 0 bridgehead atoms. The predicted molar refractivity (Wildman–Crippen MR) is 231 cm³/mol. The van der Waals surface area contributed by atoms with Crippen molar-refractivity contribution in [1.29, 1.82) is 0 Å². The minimum absolute atomic E-state index is 0. The molecule has 1 aliphatic heterocycles. The van der Waals surface area contributed by atoms with E-state index in [1.54, 1.807) is 0 Å². The molecule has 0 fully saturated rings. The van der Waals surface area contributed by atoms with E-state index in [9.17, 15) is 0 Å². The van der Waals surface area contributed by atoms with Crippen LogP contribution in [0, 0.1) is 32.9 Å². The Kier molecular flexibility index (Phi) is 8.20. The Bertz CT molecular complexity index is 3080. The number of aryl methyl sites for hydroxylation is 2. The van der Waals surface area contributed by atoms with E-state index in [0.29, 0.717) is 5.90 Å². The van der Waals surface area contributed by atoms with Crippen LogP contribution in [0.1, 0.15) is 101 Å². The summed E-state index contributed by atoms with van der Waals surface area (Å²) in [5, 5.41) is 4.54. The third-order valence-electron chi connectivity index (χ3n) is 12.4. The fraction of sp³-hybridized carbons (Fsp3) is 0.294. The van der Waals surface area contributed by atoms with Gasteiger partial charge < -0.3 is 13.9 Å². The van der Waals surface area contributed by atoms with Gasteiger partial charge in [0.1, 0.15) is 23.2 Å². The largest absolute Gasteiger partial charge is 2.00 e. The topological polar surface area (TPSA) is 44.3 Å². The second kappa shape index (κ2) is 13.3. The molecule has 5 aromatic carbocycles. The van der Waals surface area contributed by atoms with Gasteiger partial charge in [-0.1, -0.05) is 87.3 Å². The summed E-state index contributed by atoms with van der Waals surface area (Å²) in [5.74, 6) is 0.717. The Hall–Kier alpha value is -4.99. The van der Waals surface area contributed by atoms with Crippen LogP contribution in [-0.4, -0.2) is 26.1 Å². The fourth-order valence-electron chi connectivity index (χ4n) is 8.95. The predicted octanol–water partition coefficient (Wildman–Crippen LogP) is 12.2. The van der Waals surface area contributed by atoms with Crippen LogP contribution >= 0.6 is 0 Å². The molecule has 288 valence electrons. The molecule has 6 heteroatoms. The molecule has 0 spiro atoms. The van der Waals surface area contributed by atoms with Gasteiger partial charge in [0.2, 0.25) is 0 Å². The molecule has 2 atom stereocenters. The Labute approximate surface area is 352 Å². The number of pyridine rings is 1. The third kappa shape index (κ3) is 5.75. The molecule has 2 aliphatic rings. The van der Waals surface area contributed by atoms with Gasteiger partial charge in [-0.3, -0.25) is 4.99 Å². The SMILES string of the molecule is [2H]C1([2H])C[C@@H]2OC(c3[c-]c(-n4c5[c-]c(-n6c7ccc(C(C)(C)C)cc7c7cccnc76)ccc5c5cc(C)ccc54)cc(C(C)C)c3)=N[C@]2(C)c2ccc(C)c(C)c21.[Pt+2]. The molecule has 1 aliphatic carbocycles. The maximum atomic E-state index is 9.15. The van der Waals surface area contributed by atoms with Crippen molar-refractivity contribution in [2.45, 2.75) is 98.1 Å². The van der Waals surface area contributed by atoms with E-state index >= 15 is 0 Å². The van der Waals surface area contributed by atoms with Gasteiger partial charge in [-0.2, -0.15) is 6.07 Å². The first-order valence-electron chi connectivity index (χ1n) is 20.9. The van der Waals surface area contributed by atoms with Crippen molar-refractivity contribution in [2.24, 2.45) is 4.99 Å². The standard InChI is InChI=1S/C51H48N4O.Pt/c1-29(2)33-24-34(49-53-51(9)43-18-13-31(4)32(5)38(43)17-21-47(51)56-49)26-37(25-33)54-44-19-12-30(3)23-41(44)39-16-15-36(28-46(39)54)55-45-20-14-35(50(6,7)8)27-42(45)40-11-10-22-52-48(40)55;/h10-16,18-20,22-25,27,29,47H,17,21H2,1-9H3;/q-2;+2/t47-,51+;/m0./s1/i17D2;. The molecule has 0 N–H and O–H groups in total. The van der Waals surface area contributed by atoms with Crippen molar-refractivity contribution in [3.8, 4) is 11.4 Å². The third-order valence-corrected chi connectivity index (χ3v) is 12.4. The minimum atomic E-state index is -1.54. The number of aromatic nitrogens is 3. The molecular formula is C51H48N4OPt. The first-order valence-corrected chi connectivity index (χ1v) is 19.9. The molecule has 8 aromatic rings. The molecule has 57 heavy (non-hydrogen) atoms. The Morgan fingerprint density at radius 2 is 1.61 bits per heavy atom. The normalized spacial score (nSPS) is 19.3. The molecule has 10 rings (SSSR count). The fourth-order valence-corrected chi connectivity index (χ4v) is 8.95.